The molecule has 0 radical (unpaired) electrons. The summed E-state index contributed by atoms with van der Waals surface area (Å²) < 4.78 is 0. The minimum absolute atomic E-state index is 0.164. The Bertz CT molecular complexity index is 411. The highest BCUT2D eigenvalue weighted by Crippen LogP contribution is 2.26. The Morgan fingerprint density at radius 1 is 1.38 bits per heavy atom. The van der Waals surface area contributed by atoms with Gasteiger partial charge in [-0.2, -0.15) is 0 Å². The second-order valence-electron chi connectivity index (χ2n) is 5.91. The fourth-order valence-electron chi connectivity index (χ4n) is 2.75. The fourth-order valence-corrected chi connectivity index (χ4v) is 2.75. The molecule has 3 unspecified atom stereocenters. The highest BCUT2D eigenvalue weighted by molar-refractivity contribution is 5.90. The summed E-state index contributed by atoms with van der Waals surface area (Å²) in [5.41, 5.74) is 5.10. The molecule has 0 aromatic heterocycles. The third-order valence-corrected chi connectivity index (χ3v) is 4.09. The molecule has 1 heterocycles. The van der Waals surface area contributed by atoms with E-state index in [1.807, 2.05) is 6.92 Å². The average Bonchev–Trinajstić information content (AvgIpc) is 2.42. The topological polar surface area (TPSA) is 113 Å². The summed E-state index contributed by atoms with van der Waals surface area (Å²) in [5, 5.41) is 11.8. The number of hydrogen-bond donors (Lipinski definition) is 3. The molecule has 120 valence electrons. The Labute approximate surface area is 124 Å². The van der Waals surface area contributed by atoms with E-state index in [4.69, 9.17) is 5.73 Å². The maximum Gasteiger partial charge on any atom is 0.326 e. The van der Waals surface area contributed by atoms with Gasteiger partial charge >= 0.3 is 12.0 Å². The van der Waals surface area contributed by atoms with Crippen LogP contribution in [0.1, 0.15) is 40.0 Å². The lowest BCUT2D eigenvalue weighted by molar-refractivity contribution is -0.154. The molecule has 0 bridgehead atoms. The molecule has 1 saturated heterocycles. The number of likely N-dealkylation sites (tertiary alicyclic amines) is 1. The van der Waals surface area contributed by atoms with Gasteiger partial charge in [0.25, 0.3) is 0 Å². The van der Waals surface area contributed by atoms with Crippen LogP contribution < -0.4 is 11.1 Å². The Morgan fingerprint density at radius 3 is 2.43 bits per heavy atom. The molecular formula is C14H25N3O4. The van der Waals surface area contributed by atoms with Crippen LogP contribution in [0.3, 0.4) is 0 Å². The molecule has 4 N–H and O–H groups in total. The summed E-state index contributed by atoms with van der Waals surface area (Å²) in [5.74, 6) is -1.21. The van der Waals surface area contributed by atoms with Gasteiger partial charge in [-0.1, -0.05) is 27.2 Å². The number of rotatable bonds is 5. The number of primary amides is 1. The number of aliphatic carboxylic acids is 1. The van der Waals surface area contributed by atoms with Gasteiger partial charge in [0.1, 0.15) is 12.1 Å². The van der Waals surface area contributed by atoms with Crippen molar-refractivity contribution in [1.29, 1.82) is 0 Å². The number of carbonyl (C=O) groups excluding carboxylic acids is 2. The van der Waals surface area contributed by atoms with Crippen molar-refractivity contribution in [3.05, 3.63) is 0 Å². The lowest BCUT2D eigenvalue weighted by Crippen LogP contribution is -2.58. The van der Waals surface area contributed by atoms with Crippen LogP contribution in [0.25, 0.3) is 0 Å². The number of urea groups is 1. The lowest BCUT2D eigenvalue weighted by Gasteiger charge is -2.39. The van der Waals surface area contributed by atoms with Crippen LogP contribution in [0.15, 0.2) is 0 Å². The molecule has 1 aliphatic rings. The summed E-state index contributed by atoms with van der Waals surface area (Å²) in [4.78, 5) is 36.4. The van der Waals surface area contributed by atoms with E-state index in [1.54, 1.807) is 13.8 Å². The first-order valence-corrected chi connectivity index (χ1v) is 7.37. The molecule has 3 amide bonds. The molecule has 1 fully saturated rings. The summed E-state index contributed by atoms with van der Waals surface area (Å²) in [7, 11) is 0. The number of nitrogens with zero attached hydrogens (tertiary/aromatic N) is 1. The van der Waals surface area contributed by atoms with Gasteiger partial charge in [0, 0.05) is 6.54 Å². The van der Waals surface area contributed by atoms with Gasteiger partial charge in [-0.3, -0.25) is 4.79 Å². The molecule has 3 atom stereocenters. The van der Waals surface area contributed by atoms with E-state index < -0.39 is 24.1 Å². The minimum Gasteiger partial charge on any atom is -0.480 e. The monoisotopic (exact) mass is 299 g/mol. The van der Waals surface area contributed by atoms with Gasteiger partial charge in [-0.15, -0.1) is 0 Å². The van der Waals surface area contributed by atoms with Crippen LogP contribution >= 0.6 is 0 Å². The van der Waals surface area contributed by atoms with E-state index in [0.717, 1.165) is 12.8 Å². The Morgan fingerprint density at radius 2 is 2.00 bits per heavy atom. The standard InChI is InChI=1S/C14H25N3O4/c1-4-9-5-6-17(10(7-9)13(19)20)12(18)11(8(2)3)16-14(15)21/h8-11H,4-7H2,1-3H3,(H,19,20)(H3,15,16,21). The van der Waals surface area contributed by atoms with E-state index >= 15 is 0 Å². The average molecular weight is 299 g/mol. The van der Waals surface area contributed by atoms with Crippen molar-refractivity contribution in [2.24, 2.45) is 17.6 Å². The molecule has 0 aromatic rings. The van der Waals surface area contributed by atoms with Crippen LogP contribution in [-0.2, 0) is 9.59 Å². The zero-order chi connectivity index (χ0) is 16.2. The molecule has 0 aliphatic carbocycles. The second-order valence-corrected chi connectivity index (χ2v) is 5.91. The van der Waals surface area contributed by atoms with Gasteiger partial charge in [-0.05, 0) is 24.7 Å². The molecule has 0 spiro atoms. The van der Waals surface area contributed by atoms with Crippen molar-refractivity contribution in [2.45, 2.75) is 52.1 Å². The molecular weight excluding hydrogens is 274 g/mol. The SMILES string of the molecule is CCC1CCN(C(=O)C(NC(N)=O)C(C)C)C(C(=O)O)C1. The first kappa shape index (κ1) is 17.3. The quantitative estimate of drug-likeness (QED) is 0.696. The number of nitrogens with one attached hydrogen (secondary N) is 1. The highest BCUT2D eigenvalue weighted by atomic mass is 16.4. The summed E-state index contributed by atoms with van der Waals surface area (Å²) in [6, 6.07) is -2.40. The maximum atomic E-state index is 12.6. The molecule has 0 saturated carbocycles. The molecule has 1 aliphatic heterocycles. The normalized spacial score (nSPS) is 23.7. The van der Waals surface area contributed by atoms with Crippen molar-refractivity contribution in [2.75, 3.05) is 6.54 Å². The number of carbonyl (C=O) groups is 3. The van der Waals surface area contributed by atoms with E-state index in [1.165, 1.54) is 4.90 Å². The van der Waals surface area contributed by atoms with Gasteiger partial charge in [0.2, 0.25) is 5.91 Å². The lowest BCUT2D eigenvalue weighted by atomic mass is 9.88. The molecule has 7 heteroatoms. The Balaban J connectivity index is 2.91. The van der Waals surface area contributed by atoms with Gasteiger partial charge in [-0.25, -0.2) is 9.59 Å². The summed E-state index contributed by atoms with van der Waals surface area (Å²) in [6.45, 7) is 5.99. The number of piperidine rings is 1. The van der Waals surface area contributed by atoms with Crippen molar-refractivity contribution < 1.29 is 19.5 Å². The summed E-state index contributed by atoms with van der Waals surface area (Å²) in [6.07, 6.45) is 2.14. The van der Waals surface area contributed by atoms with E-state index in [0.29, 0.717) is 18.9 Å². The van der Waals surface area contributed by atoms with Crippen LogP contribution in [0.2, 0.25) is 0 Å². The number of hydrogen-bond acceptors (Lipinski definition) is 3. The van der Waals surface area contributed by atoms with E-state index in [-0.39, 0.29) is 11.8 Å². The van der Waals surface area contributed by atoms with Crippen molar-refractivity contribution in [3.63, 3.8) is 0 Å². The van der Waals surface area contributed by atoms with Crippen molar-refractivity contribution in [3.8, 4) is 0 Å². The fraction of sp³-hybridized carbons (Fsp3) is 0.786. The zero-order valence-corrected chi connectivity index (χ0v) is 12.8. The predicted molar refractivity (Wildman–Crippen MR) is 77.5 cm³/mol. The first-order valence-electron chi connectivity index (χ1n) is 7.37. The predicted octanol–water partition coefficient (Wildman–Crippen LogP) is 0.781. The van der Waals surface area contributed by atoms with Gasteiger partial charge in [0.15, 0.2) is 0 Å². The first-order chi connectivity index (χ1) is 9.77. The second kappa shape index (κ2) is 7.28. The van der Waals surface area contributed by atoms with Gasteiger partial charge < -0.3 is 21.1 Å². The zero-order valence-electron chi connectivity index (χ0n) is 12.8. The van der Waals surface area contributed by atoms with Crippen LogP contribution in [0, 0.1) is 11.8 Å². The Hall–Kier alpha value is -1.79. The van der Waals surface area contributed by atoms with Crippen LogP contribution in [0.4, 0.5) is 4.79 Å². The highest BCUT2D eigenvalue weighted by Gasteiger charge is 2.39. The molecule has 1 rings (SSSR count). The smallest absolute Gasteiger partial charge is 0.326 e. The third-order valence-electron chi connectivity index (χ3n) is 4.09. The molecule has 7 nitrogen and oxygen atoms in total. The molecule has 0 aromatic carbocycles. The summed E-state index contributed by atoms with van der Waals surface area (Å²) >= 11 is 0. The van der Waals surface area contributed by atoms with E-state index in [2.05, 4.69) is 5.32 Å². The number of carboxylic acid groups (broad SMARTS) is 1. The number of carboxylic acids is 1. The maximum absolute atomic E-state index is 12.6. The van der Waals surface area contributed by atoms with Crippen LogP contribution in [0.5, 0.6) is 0 Å². The minimum atomic E-state index is -0.997. The molecule has 21 heavy (non-hydrogen) atoms. The number of amides is 3. The third kappa shape index (κ3) is 4.34. The van der Waals surface area contributed by atoms with E-state index in [9.17, 15) is 19.5 Å². The van der Waals surface area contributed by atoms with Crippen molar-refractivity contribution in [1.82, 2.24) is 10.2 Å². The van der Waals surface area contributed by atoms with Crippen LogP contribution in [-0.4, -0.2) is 46.5 Å². The number of nitrogens with two attached hydrogens (primary N) is 1. The Kier molecular flexibility index (Phi) is 5.99. The van der Waals surface area contributed by atoms with Crippen molar-refractivity contribution >= 4 is 17.9 Å². The largest absolute Gasteiger partial charge is 0.480 e. The van der Waals surface area contributed by atoms with Gasteiger partial charge in [0.05, 0.1) is 0 Å².